The van der Waals surface area contributed by atoms with Gasteiger partial charge in [0, 0.05) is 23.5 Å². The predicted octanol–water partition coefficient (Wildman–Crippen LogP) is 2.45. The molecule has 2 heterocycles. The lowest BCUT2D eigenvalue weighted by molar-refractivity contribution is 0.738. The zero-order valence-corrected chi connectivity index (χ0v) is 10.6. The molecule has 1 aromatic carbocycles. The molecule has 3 rings (SSSR count). The summed E-state index contributed by atoms with van der Waals surface area (Å²) in [5, 5.41) is 0. The van der Waals surface area contributed by atoms with E-state index in [0.29, 0.717) is 17.8 Å². The fourth-order valence-corrected chi connectivity index (χ4v) is 2.55. The average Bonchev–Trinajstić information content (AvgIpc) is 2.63. The van der Waals surface area contributed by atoms with Gasteiger partial charge in [0.25, 0.3) is 0 Å². The third-order valence-electron chi connectivity index (χ3n) is 3.28. The smallest absolute Gasteiger partial charge is 0.232 e. The Bertz CT molecular complexity index is 574. The van der Waals surface area contributed by atoms with Gasteiger partial charge in [-0.05, 0) is 31.9 Å². The largest absolute Gasteiger partial charge is 0.384 e. The summed E-state index contributed by atoms with van der Waals surface area (Å²) in [5.74, 6) is 1.22. The normalized spacial score (nSPS) is 17.9. The average molecular weight is 240 g/mol. The van der Waals surface area contributed by atoms with Gasteiger partial charge in [0.2, 0.25) is 5.95 Å². The van der Waals surface area contributed by atoms with Crippen LogP contribution in [0, 0.1) is 6.92 Å². The number of fused-ring (bicyclic) bond motifs is 1. The van der Waals surface area contributed by atoms with Gasteiger partial charge in [0.1, 0.15) is 5.82 Å². The van der Waals surface area contributed by atoms with E-state index in [1.165, 1.54) is 11.3 Å². The maximum absolute atomic E-state index is 5.81. The zero-order valence-electron chi connectivity index (χ0n) is 10.6. The minimum absolute atomic E-state index is 0.364. The Morgan fingerprint density at radius 1 is 1.28 bits per heavy atom. The highest BCUT2D eigenvalue weighted by Gasteiger charge is 2.28. The van der Waals surface area contributed by atoms with Gasteiger partial charge in [-0.2, -0.15) is 4.98 Å². The lowest BCUT2D eigenvalue weighted by Crippen LogP contribution is -2.26. The molecule has 0 saturated heterocycles. The third kappa shape index (κ3) is 1.70. The van der Waals surface area contributed by atoms with Crippen LogP contribution in [0.15, 0.2) is 30.3 Å². The molecule has 4 nitrogen and oxygen atoms in total. The maximum Gasteiger partial charge on any atom is 0.232 e. The number of nitrogens with zero attached hydrogens (tertiary/aromatic N) is 3. The fraction of sp³-hybridized carbons (Fsp3) is 0.286. The van der Waals surface area contributed by atoms with Crippen LogP contribution in [0.1, 0.15) is 18.2 Å². The van der Waals surface area contributed by atoms with Crippen LogP contribution in [0.4, 0.5) is 17.5 Å². The molecule has 1 aromatic heterocycles. The topological polar surface area (TPSA) is 55.0 Å². The lowest BCUT2D eigenvalue weighted by atomic mass is 10.1. The quantitative estimate of drug-likeness (QED) is 0.831. The molecule has 0 amide bonds. The number of aromatic nitrogens is 2. The molecular formula is C14H16N4. The number of hydrogen-bond donors (Lipinski definition) is 1. The first-order chi connectivity index (χ1) is 8.65. The van der Waals surface area contributed by atoms with Crippen LogP contribution in [0.25, 0.3) is 0 Å². The Kier molecular flexibility index (Phi) is 2.44. The van der Waals surface area contributed by atoms with Crippen LogP contribution in [-0.4, -0.2) is 16.0 Å². The Hall–Kier alpha value is -2.10. The predicted molar refractivity (Wildman–Crippen MR) is 72.9 cm³/mol. The number of benzene rings is 1. The summed E-state index contributed by atoms with van der Waals surface area (Å²) in [7, 11) is 0. The van der Waals surface area contributed by atoms with Crippen molar-refractivity contribution in [2.24, 2.45) is 0 Å². The van der Waals surface area contributed by atoms with Crippen molar-refractivity contribution in [3.05, 3.63) is 41.6 Å². The first kappa shape index (κ1) is 11.0. The summed E-state index contributed by atoms with van der Waals surface area (Å²) in [6.45, 7) is 4.12. The molecule has 1 aliphatic rings. The van der Waals surface area contributed by atoms with Gasteiger partial charge in [-0.3, -0.25) is 0 Å². The van der Waals surface area contributed by atoms with E-state index >= 15 is 0 Å². The zero-order chi connectivity index (χ0) is 12.7. The van der Waals surface area contributed by atoms with Crippen LogP contribution >= 0.6 is 0 Å². The molecule has 0 radical (unpaired) electrons. The second-order valence-electron chi connectivity index (χ2n) is 4.79. The fourth-order valence-electron chi connectivity index (χ4n) is 2.55. The van der Waals surface area contributed by atoms with Crippen LogP contribution in [-0.2, 0) is 6.42 Å². The summed E-state index contributed by atoms with van der Waals surface area (Å²) >= 11 is 0. The molecule has 92 valence electrons. The Morgan fingerprint density at radius 3 is 2.83 bits per heavy atom. The maximum atomic E-state index is 5.81. The molecule has 0 saturated carbocycles. The summed E-state index contributed by atoms with van der Waals surface area (Å²) in [4.78, 5) is 11.0. The first-order valence-electron chi connectivity index (χ1n) is 6.13. The highest BCUT2D eigenvalue weighted by Crippen LogP contribution is 2.36. The number of hydrogen-bond acceptors (Lipinski definition) is 4. The summed E-state index contributed by atoms with van der Waals surface area (Å²) in [5.41, 5.74) is 9.24. The van der Waals surface area contributed by atoms with E-state index in [9.17, 15) is 0 Å². The van der Waals surface area contributed by atoms with E-state index < -0.39 is 0 Å². The van der Waals surface area contributed by atoms with Crippen molar-refractivity contribution in [1.82, 2.24) is 9.97 Å². The van der Waals surface area contributed by atoms with Crippen LogP contribution in [0.3, 0.4) is 0 Å². The van der Waals surface area contributed by atoms with Crippen molar-refractivity contribution in [3.63, 3.8) is 0 Å². The van der Waals surface area contributed by atoms with Crippen LogP contribution in [0.2, 0.25) is 0 Å². The third-order valence-corrected chi connectivity index (χ3v) is 3.28. The van der Waals surface area contributed by atoms with Crippen molar-refractivity contribution in [2.45, 2.75) is 26.3 Å². The van der Waals surface area contributed by atoms with Gasteiger partial charge in [-0.15, -0.1) is 0 Å². The summed E-state index contributed by atoms with van der Waals surface area (Å²) in [6.07, 6.45) is 1.02. The van der Waals surface area contributed by atoms with Crippen molar-refractivity contribution >= 4 is 17.5 Å². The highest BCUT2D eigenvalue weighted by molar-refractivity contribution is 5.67. The molecule has 0 unspecified atom stereocenters. The second kappa shape index (κ2) is 3.98. The number of aryl methyl sites for hydroxylation is 1. The minimum atomic E-state index is 0.364. The van der Waals surface area contributed by atoms with Gasteiger partial charge in [0.05, 0.1) is 0 Å². The Morgan fingerprint density at radius 2 is 2.06 bits per heavy atom. The number of para-hydroxylation sites is 1. The van der Waals surface area contributed by atoms with Gasteiger partial charge in [-0.1, -0.05) is 18.2 Å². The van der Waals surface area contributed by atoms with E-state index in [1.807, 2.05) is 13.0 Å². The molecule has 0 spiro atoms. The van der Waals surface area contributed by atoms with E-state index in [-0.39, 0.29) is 0 Å². The summed E-state index contributed by atoms with van der Waals surface area (Å²) in [6, 6.07) is 10.5. The molecular weight excluding hydrogens is 224 g/mol. The number of anilines is 3. The van der Waals surface area contributed by atoms with Crippen LogP contribution in [0.5, 0.6) is 0 Å². The molecule has 2 aromatic rings. The molecule has 1 aliphatic heterocycles. The molecule has 18 heavy (non-hydrogen) atoms. The Balaban J connectivity index is 2.11. The molecule has 4 heteroatoms. The van der Waals surface area contributed by atoms with Gasteiger partial charge >= 0.3 is 0 Å². The number of nitrogens with two attached hydrogens (primary N) is 1. The van der Waals surface area contributed by atoms with Gasteiger partial charge < -0.3 is 10.6 Å². The Labute approximate surface area is 106 Å². The van der Waals surface area contributed by atoms with Crippen molar-refractivity contribution in [3.8, 4) is 0 Å². The van der Waals surface area contributed by atoms with Crippen molar-refractivity contribution in [1.29, 1.82) is 0 Å². The van der Waals surface area contributed by atoms with Gasteiger partial charge in [0.15, 0.2) is 0 Å². The SMILES string of the molecule is Cc1cc(N)nc(N2c3ccccc3C[C@@H]2C)n1. The molecule has 0 aliphatic carbocycles. The van der Waals surface area contributed by atoms with Crippen molar-refractivity contribution in [2.75, 3.05) is 10.6 Å². The number of nitrogen functional groups attached to an aromatic ring is 1. The summed E-state index contributed by atoms with van der Waals surface area (Å²) < 4.78 is 0. The molecule has 2 N–H and O–H groups in total. The number of rotatable bonds is 1. The first-order valence-corrected chi connectivity index (χ1v) is 6.13. The minimum Gasteiger partial charge on any atom is -0.384 e. The molecule has 0 fully saturated rings. The lowest BCUT2D eigenvalue weighted by Gasteiger charge is -2.23. The van der Waals surface area contributed by atoms with E-state index in [0.717, 1.165) is 12.1 Å². The van der Waals surface area contributed by atoms with E-state index in [2.05, 4.69) is 40.0 Å². The monoisotopic (exact) mass is 240 g/mol. The molecule has 1 atom stereocenters. The molecule has 0 bridgehead atoms. The highest BCUT2D eigenvalue weighted by atomic mass is 15.3. The van der Waals surface area contributed by atoms with E-state index in [4.69, 9.17) is 5.73 Å². The van der Waals surface area contributed by atoms with E-state index in [1.54, 1.807) is 6.07 Å². The van der Waals surface area contributed by atoms with Gasteiger partial charge in [-0.25, -0.2) is 4.98 Å². The second-order valence-corrected chi connectivity index (χ2v) is 4.79. The standard InChI is InChI=1S/C14H16N4/c1-9-7-13(15)17-14(16-9)18-10(2)8-11-5-3-4-6-12(11)18/h3-7,10H,8H2,1-2H3,(H2,15,16,17)/t10-/m0/s1. The van der Waals surface area contributed by atoms with Crippen molar-refractivity contribution < 1.29 is 0 Å². The van der Waals surface area contributed by atoms with Crippen LogP contribution < -0.4 is 10.6 Å².